The highest BCUT2D eigenvalue weighted by Gasteiger charge is 2.15. The van der Waals surface area contributed by atoms with Gasteiger partial charge in [0, 0.05) is 18.8 Å². The molecule has 1 saturated heterocycles. The highest BCUT2D eigenvalue weighted by Crippen LogP contribution is 2.16. The molecule has 1 atom stereocenters. The van der Waals surface area contributed by atoms with Crippen LogP contribution in [0.2, 0.25) is 0 Å². The summed E-state index contributed by atoms with van der Waals surface area (Å²) in [7, 11) is 0. The predicted molar refractivity (Wildman–Crippen MR) is 71.2 cm³/mol. The standard InChI is InChI=1S/C14H22N2O/c1-12-3-2-8-16(11-12)9-10-17-14-6-4-13(15)5-7-14/h4-7,12H,2-3,8-11,15H2,1H3/t12-/m1/s1. The van der Waals surface area contributed by atoms with Gasteiger partial charge in [0.25, 0.3) is 0 Å². The van der Waals surface area contributed by atoms with Crippen molar-refractivity contribution >= 4 is 5.69 Å². The number of nitrogens with two attached hydrogens (primary N) is 1. The van der Waals surface area contributed by atoms with E-state index in [-0.39, 0.29) is 0 Å². The second-order valence-electron chi connectivity index (χ2n) is 4.97. The summed E-state index contributed by atoms with van der Waals surface area (Å²) in [4.78, 5) is 2.49. The molecule has 1 fully saturated rings. The van der Waals surface area contributed by atoms with Crippen LogP contribution in [0.5, 0.6) is 5.75 Å². The molecule has 2 rings (SSSR count). The molecule has 17 heavy (non-hydrogen) atoms. The van der Waals surface area contributed by atoms with E-state index in [1.165, 1.54) is 25.9 Å². The molecule has 0 saturated carbocycles. The van der Waals surface area contributed by atoms with E-state index in [9.17, 15) is 0 Å². The van der Waals surface area contributed by atoms with E-state index < -0.39 is 0 Å². The zero-order chi connectivity index (χ0) is 12.1. The van der Waals surface area contributed by atoms with Crippen molar-refractivity contribution in [3.05, 3.63) is 24.3 Å². The molecule has 0 bridgehead atoms. The van der Waals surface area contributed by atoms with E-state index in [2.05, 4.69) is 11.8 Å². The third-order valence-corrected chi connectivity index (χ3v) is 3.30. The van der Waals surface area contributed by atoms with E-state index in [1.54, 1.807) is 0 Å². The van der Waals surface area contributed by atoms with Crippen molar-refractivity contribution in [3.8, 4) is 5.75 Å². The number of rotatable bonds is 4. The molecule has 0 aromatic heterocycles. The molecule has 0 aliphatic carbocycles. The number of ether oxygens (including phenoxy) is 1. The number of hydrogen-bond acceptors (Lipinski definition) is 3. The Morgan fingerprint density at radius 2 is 2.12 bits per heavy atom. The average Bonchev–Trinajstić information content (AvgIpc) is 2.32. The summed E-state index contributed by atoms with van der Waals surface area (Å²) >= 11 is 0. The summed E-state index contributed by atoms with van der Waals surface area (Å²) in [5.74, 6) is 1.74. The highest BCUT2D eigenvalue weighted by atomic mass is 16.5. The second kappa shape index (κ2) is 5.92. The van der Waals surface area contributed by atoms with Gasteiger partial charge >= 0.3 is 0 Å². The van der Waals surface area contributed by atoms with E-state index in [4.69, 9.17) is 10.5 Å². The lowest BCUT2D eigenvalue weighted by molar-refractivity contribution is 0.153. The molecule has 1 aromatic carbocycles. The van der Waals surface area contributed by atoms with E-state index in [0.29, 0.717) is 0 Å². The maximum atomic E-state index is 5.70. The lowest BCUT2D eigenvalue weighted by atomic mass is 10.0. The van der Waals surface area contributed by atoms with E-state index in [0.717, 1.165) is 30.5 Å². The number of likely N-dealkylation sites (tertiary alicyclic amines) is 1. The molecule has 2 N–H and O–H groups in total. The van der Waals surface area contributed by atoms with Gasteiger partial charge in [0.1, 0.15) is 12.4 Å². The Labute approximate surface area is 104 Å². The minimum Gasteiger partial charge on any atom is -0.492 e. The summed E-state index contributed by atoms with van der Waals surface area (Å²) in [5, 5.41) is 0. The zero-order valence-electron chi connectivity index (χ0n) is 10.6. The molecular weight excluding hydrogens is 212 g/mol. The first-order chi connectivity index (χ1) is 8.24. The highest BCUT2D eigenvalue weighted by molar-refractivity contribution is 5.41. The Balaban J connectivity index is 1.70. The monoisotopic (exact) mass is 234 g/mol. The Kier molecular flexibility index (Phi) is 4.26. The van der Waals surface area contributed by atoms with Crippen LogP contribution in [0.15, 0.2) is 24.3 Å². The van der Waals surface area contributed by atoms with Gasteiger partial charge in [-0.3, -0.25) is 4.90 Å². The maximum Gasteiger partial charge on any atom is 0.119 e. The van der Waals surface area contributed by atoms with Gasteiger partial charge < -0.3 is 10.5 Å². The summed E-state index contributed by atoms with van der Waals surface area (Å²) in [6, 6.07) is 7.60. The fourth-order valence-electron chi connectivity index (χ4n) is 2.35. The first-order valence-corrected chi connectivity index (χ1v) is 6.45. The fourth-order valence-corrected chi connectivity index (χ4v) is 2.35. The summed E-state index contributed by atoms with van der Waals surface area (Å²) in [6.07, 6.45) is 2.69. The van der Waals surface area contributed by atoms with Gasteiger partial charge in [-0.15, -0.1) is 0 Å². The predicted octanol–water partition coefficient (Wildman–Crippen LogP) is 2.38. The lowest BCUT2D eigenvalue weighted by Crippen LogP contribution is -2.37. The molecular formula is C14H22N2O. The largest absolute Gasteiger partial charge is 0.492 e. The third kappa shape index (κ3) is 3.93. The summed E-state index contributed by atoms with van der Waals surface area (Å²) < 4.78 is 5.70. The Morgan fingerprint density at radius 3 is 2.82 bits per heavy atom. The van der Waals surface area contributed by atoms with Crippen molar-refractivity contribution in [1.82, 2.24) is 4.90 Å². The molecule has 1 heterocycles. The number of anilines is 1. The van der Waals surface area contributed by atoms with Crippen LogP contribution in [0.4, 0.5) is 5.69 Å². The zero-order valence-corrected chi connectivity index (χ0v) is 10.6. The fraction of sp³-hybridized carbons (Fsp3) is 0.571. The molecule has 3 heteroatoms. The maximum absolute atomic E-state index is 5.70. The van der Waals surface area contributed by atoms with Crippen LogP contribution in [0.25, 0.3) is 0 Å². The SMILES string of the molecule is C[C@@H]1CCCN(CCOc2ccc(N)cc2)C1. The summed E-state index contributed by atoms with van der Waals surface area (Å²) in [5.41, 5.74) is 6.40. The Hall–Kier alpha value is -1.22. The van der Waals surface area contributed by atoms with Crippen LogP contribution in [0.1, 0.15) is 19.8 Å². The van der Waals surface area contributed by atoms with Crippen molar-refractivity contribution in [2.45, 2.75) is 19.8 Å². The molecule has 0 spiro atoms. The normalized spacial score (nSPS) is 21.4. The van der Waals surface area contributed by atoms with Crippen LogP contribution in [-0.4, -0.2) is 31.1 Å². The third-order valence-electron chi connectivity index (χ3n) is 3.30. The summed E-state index contributed by atoms with van der Waals surface area (Å²) in [6.45, 7) is 6.54. The van der Waals surface area contributed by atoms with Crippen molar-refractivity contribution < 1.29 is 4.74 Å². The molecule has 1 aliphatic heterocycles. The van der Waals surface area contributed by atoms with Crippen molar-refractivity contribution in [2.24, 2.45) is 5.92 Å². The van der Waals surface area contributed by atoms with E-state index >= 15 is 0 Å². The topological polar surface area (TPSA) is 38.5 Å². The van der Waals surface area contributed by atoms with E-state index in [1.807, 2.05) is 24.3 Å². The van der Waals surface area contributed by atoms with Gasteiger partial charge in [-0.2, -0.15) is 0 Å². The van der Waals surface area contributed by atoms with Gasteiger partial charge in [-0.1, -0.05) is 6.92 Å². The minimum atomic E-state index is 0.761. The molecule has 1 aromatic rings. The number of hydrogen-bond donors (Lipinski definition) is 1. The minimum absolute atomic E-state index is 0.761. The van der Waals surface area contributed by atoms with Gasteiger partial charge in [0.05, 0.1) is 0 Å². The van der Waals surface area contributed by atoms with Crippen LogP contribution < -0.4 is 10.5 Å². The van der Waals surface area contributed by atoms with Crippen molar-refractivity contribution in [2.75, 3.05) is 32.0 Å². The van der Waals surface area contributed by atoms with Gasteiger partial charge in [0.2, 0.25) is 0 Å². The Bertz CT molecular complexity index is 337. The molecule has 0 radical (unpaired) electrons. The quantitative estimate of drug-likeness (QED) is 0.813. The second-order valence-corrected chi connectivity index (χ2v) is 4.97. The molecule has 1 aliphatic rings. The van der Waals surface area contributed by atoms with Crippen molar-refractivity contribution in [1.29, 1.82) is 0 Å². The number of benzene rings is 1. The Morgan fingerprint density at radius 1 is 1.35 bits per heavy atom. The van der Waals surface area contributed by atoms with Gasteiger partial charge in [-0.25, -0.2) is 0 Å². The van der Waals surface area contributed by atoms with Gasteiger partial charge in [-0.05, 0) is 49.6 Å². The number of nitrogen functional groups attached to an aromatic ring is 1. The first-order valence-electron chi connectivity index (χ1n) is 6.45. The molecule has 94 valence electrons. The van der Waals surface area contributed by atoms with Crippen LogP contribution in [0.3, 0.4) is 0 Å². The smallest absolute Gasteiger partial charge is 0.119 e. The molecule has 0 amide bonds. The lowest BCUT2D eigenvalue weighted by Gasteiger charge is -2.30. The van der Waals surface area contributed by atoms with Crippen LogP contribution in [-0.2, 0) is 0 Å². The van der Waals surface area contributed by atoms with Crippen LogP contribution in [0, 0.1) is 5.92 Å². The van der Waals surface area contributed by atoms with Gasteiger partial charge in [0.15, 0.2) is 0 Å². The average molecular weight is 234 g/mol. The van der Waals surface area contributed by atoms with Crippen LogP contribution >= 0.6 is 0 Å². The molecule has 3 nitrogen and oxygen atoms in total. The van der Waals surface area contributed by atoms with Crippen molar-refractivity contribution in [3.63, 3.8) is 0 Å². The number of piperidine rings is 1. The first kappa shape index (κ1) is 12.2. The number of nitrogens with zero attached hydrogens (tertiary/aromatic N) is 1. The molecule has 0 unspecified atom stereocenters.